The van der Waals surface area contributed by atoms with Crippen LogP contribution in [0.15, 0.2) is 18.6 Å². The molecule has 1 N–H and O–H groups in total. The van der Waals surface area contributed by atoms with Crippen molar-refractivity contribution in [1.82, 2.24) is 24.8 Å². The number of ether oxygens (including phenoxy) is 2. The van der Waals surface area contributed by atoms with E-state index < -0.39 is 11.7 Å². The maximum Gasteiger partial charge on any atom is 0.116 e. The molecule has 8 heteroatoms. The molecular formula is C17H23N5O3. The average Bonchev–Trinajstić information content (AvgIpc) is 3.28. The van der Waals surface area contributed by atoms with E-state index >= 15 is 0 Å². The quantitative estimate of drug-likeness (QED) is 0.903. The van der Waals surface area contributed by atoms with Crippen LogP contribution in [0.1, 0.15) is 44.2 Å². The lowest BCUT2D eigenvalue weighted by Crippen LogP contribution is -2.46. The van der Waals surface area contributed by atoms with Crippen molar-refractivity contribution in [2.24, 2.45) is 0 Å². The Morgan fingerprint density at radius 1 is 1.16 bits per heavy atom. The molecule has 8 nitrogen and oxygen atoms in total. The van der Waals surface area contributed by atoms with Crippen molar-refractivity contribution in [2.75, 3.05) is 19.8 Å². The number of aliphatic hydroxyl groups excluding tert-OH is 1. The van der Waals surface area contributed by atoms with Gasteiger partial charge in [-0.2, -0.15) is 5.10 Å². The smallest absolute Gasteiger partial charge is 0.116 e. The maximum atomic E-state index is 10.8. The number of rotatable bonds is 3. The predicted molar refractivity (Wildman–Crippen MR) is 87.9 cm³/mol. The van der Waals surface area contributed by atoms with Crippen LogP contribution in [0.25, 0.3) is 11.3 Å². The SMILES string of the molecule is O[C@@H]1[C@@H](n2cc(-c3cnn(C4CCC4)c3)nn2)COC12CCOCC2. The largest absolute Gasteiger partial charge is 0.388 e. The van der Waals surface area contributed by atoms with Crippen LogP contribution < -0.4 is 0 Å². The molecule has 134 valence electrons. The number of hydrogen-bond acceptors (Lipinski definition) is 6. The van der Waals surface area contributed by atoms with Gasteiger partial charge in [0.05, 0.1) is 25.0 Å². The first-order valence-corrected chi connectivity index (χ1v) is 9.11. The summed E-state index contributed by atoms with van der Waals surface area (Å²) < 4.78 is 15.2. The molecule has 0 unspecified atom stereocenters. The summed E-state index contributed by atoms with van der Waals surface area (Å²) in [4.78, 5) is 0. The molecule has 2 atom stereocenters. The van der Waals surface area contributed by atoms with Gasteiger partial charge >= 0.3 is 0 Å². The summed E-state index contributed by atoms with van der Waals surface area (Å²) in [5, 5.41) is 23.8. The molecule has 3 aliphatic rings. The van der Waals surface area contributed by atoms with E-state index in [4.69, 9.17) is 9.47 Å². The Labute approximate surface area is 145 Å². The van der Waals surface area contributed by atoms with Gasteiger partial charge in [-0.05, 0) is 19.3 Å². The van der Waals surface area contributed by atoms with Gasteiger partial charge in [-0.3, -0.25) is 4.68 Å². The molecule has 3 fully saturated rings. The van der Waals surface area contributed by atoms with Crippen molar-refractivity contribution < 1.29 is 14.6 Å². The van der Waals surface area contributed by atoms with Gasteiger partial charge in [0.25, 0.3) is 0 Å². The minimum absolute atomic E-state index is 0.207. The summed E-state index contributed by atoms with van der Waals surface area (Å²) in [6.07, 6.45) is 10.3. The molecule has 1 spiro atoms. The van der Waals surface area contributed by atoms with Crippen molar-refractivity contribution in [1.29, 1.82) is 0 Å². The second-order valence-corrected chi connectivity index (χ2v) is 7.38. The van der Waals surface area contributed by atoms with Gasteiger partial charge in [-0.15, -0.1) is 5.10 Å². The van der Waals surface area contributed by atoms with Gasteiger partial charge in [0.1, 0.15) is 23.4 Å². The van der Waals surface area contributed by atoms with Crippen molar-refractivity contribution in [3.8, 4) is 11.3 Å². The van der Waals surface area contributed by atoms with Crippen molar-refractivity contribution >= 4 is 0 Å². The third kappa shape index (κ3) is 2.51. The second kappa shape index (κ2) is 5.89. The Morgan fingerprint density at radius 3 is 2.76 bits per heavy atom. The summed E-state index contributed by atoms with van der Waals surface area (Å²) in [7, 11) is 0. The van der Waals surface area contributed by atoms with Crippen LogP contribution in [0, 0.1) is 0 Å². The zero-order valence-corrected chi connectivity index (χ0v) is 14.1. The third-order valence-electron chi connectivity index (χ3n) is 5.98. The minimum atomic E-state index is -0.594. The highest BCUT2D eigenvalue weighted by Crippen LogP contribution is 2.40. The number of aliphatic hydroxyl groups is 1. The summed E-state index contributed by atoms with van der Waals surface area (Å²) in [6.45, 7) is 1.71. The molecule has 1 saturated carbocycles. The first kappa shape index (κ1) is 15.5. The van der Waals surface area contributed by atoms with E-state index in [1.165, 1.54) is 19.3 Å². The Hall–Kier alpha value is -1.77. The minimum Gasteiger partial charge on any atom is -0.388 e. The van der Waals surface area contributed by atoms with Gasteiger partial charge < -0.3 is 14.6 Å². The Balaban J connectivity index is 1.35. The van der Waals surface area contributed by atoms with Gasteiger partial charge in [0.2, 0.25) is 0 Å². The highest BCUT2D eigenvalue weighted by molar-refractivity contribution is 5.55. The van der Waals surface area contributed by atoms with Crippen LogP contribution in [0.2, 0.25) is 0 Å². The Bertz CT molecular complexity index is 747. The van der Waals surface area contributed by atoms with E-state index in [1.807, 2.05) is 23.3 Å². The molecule has 2 aliphatic heterocycles. The molecule has 25 heavy (non-hydrogen) atoms. The van der Waals surface area contributed by atoms with Gasteiger partial charge in [0, 0.05) is 37.8 Å². The van der Waals surface area contributed by atoms with Crippen molar-refractivity contribution in [2.45, 2.75) is 55.9 Å². The van der Waals surface area contributed by atoms with Crippen LogP contribution >= 0.6 is 0 Å². The molecule has 2 saturated heterocycles. The summed E-state index contributed by atoms with van der Waals surface area (Å²) >= 11 is 0. The van der Waals surface area contributed by atoms with E-state index in [0.29, 0.717) is 25.9 Å². The Morgan fingerprint density at radius 2 is 2.00 bits per heavy atom. The van der Waals surface area contributed by atoms with Crippen LogP contribution in [0.3, 0.4) is 0 Å². The molecule has 2 aromatic rings. The monoisotopic (exact) mass is 345 g/mol. The van der Waals surface area contributed by atoms with E-state index in [0.717, 1.165) is 24.1 Å². The number of aromatic nitrogens is 5. The van der Waals surface area contributed by atoms with Crippen LogP contribution in [0.5, 0.6) is 0 Å². The lowest BCUT2D eigenvalue weighted by molar-refractivity contribution is -0.120. The fraction of sp³-hybridized carbons (Fsp3) is 0.706. The van der Waals surface area contributed by atoms with Crippen molar-refractivity contribution in [3.63, 3.8) is 0 Å². The third-order valence-corrected chi connectivity index (χ3v) is 5.98. The average molecular weight is 345 g/mol. The molecule has 2 aromatic heterocycles. The van der Waals surface area contributed by atoms with E-state index in [1.54, 1.807) is 4.68 Å². The second-order valence-electron chi connectivity index (χ2n) is 7.38. The van der Waals surface area contributed by atoms with Crippen LogP contribution in [-0.2, 0) is 9.47 Å². The zero-order valence-electron chi connectivity index (χ0n) is 14.1. The summed E-state index contributed by atoms with van der Waals surface area (Å²) in [5.41, 5.74) is 1.25. The fourth-order valence-electron chi connectivity index (χ4n) is 4.05. The maximum absolute atomic E-state index is 10.8. The molecule has 1 aliphatic carbocycles. The molecule has 0 bridgehead atoms. The molecule has 5 rings (SSSR count). The fourth-order valence-corrected chi connectivity index (χ4v) is 4.05. The normalized spacial score (nSPS) is 29.2. The van der Waals surface area contributed by atoms with E-state index in [-0.39, 0.29) is 6.04 Å². The van der Waals surface area contributed by atoms with Crippen LogP contribution in [-0.4, -0.2) is 61.4 Å². The predicted octanol–water partition coefficient (Wildman–Crippen LogP) is 1.35. The zero-order chi connectivity index (χ0) is 16.9. The van der Waals surface area contributed by atoms with Gasteiger partial charge in [-0.25, -0.2) is 4.68 Å². The Kier molecular flexibility index (Phi) is 3.65. The molecule has 4 heterocycles. The standard InChI is InChI=1S/C17H23N5O3/c23-16-15(11-25-17(16)4-6-24-7-5-17)22-10-14(19-20-22)12-8-18-21(9-12)13-2-1-3-13/h8-10,13,15-16,23H,1-7,11H2/t15-,16+/m0/s1. The summed E-state index contributed by atoms with van der Waals surface area (Å²) in [6, 6.07) is 0.322. The highest BCUT2D eigenvalue weighted by atomic mass is 16.5. The lowest BCUT2D eigenvalue weighted by atomic mass is 9.87. The molecular weight excluding hydrogens is 322 g/mol. The van der Waals surface area contributed by atoms with E-state index in [2.05, 4.69) is 15.4 Å². The highest BCUT2D eigenvalue weighted by Gasteiger charge is 2.51. The molecule has 0 radical (unpaired) electrons. The van der Waals surface area contributed by atoms with Gasteiger partial charge in [-0.1, -0.05) is 5.21 Å². The summed E-state index contributed by atoms with van der Waals surface area (Å²) in [5.74, 6) is 0. The van der Waals surface area contributed by atoms with Gasteiger partial charge in [0.15, 0.2) is 0 Å². The first-order valence-electron chi connectivity index (χ1n) is 9.11. The first-order chi connectivity index (χ1) is 12.3. The molecule has 0 amide bonds. The molecule has 0 aromatic carbocycles. The van der Waals surface area contributed by atoms with E-state index in [9.17, 15) is 5.11 Å². The lowest BCUT2D eigenvalue weighted by Gasteiger charge is -2.35. The van der Waals surface area contributed by atoms with Crippen LogP contribution in [0.4, 0.5) is 0 Å². The number of hydrogen-bond donors (Lipinski definition) is 1. The number of nitrogens with zero attached hydrogens (tertiary/aromatic N) is 5. The topological polar surface area (TPSA) is 87.2 Å². The van der Waals surface area contributed by atoms with Crippen molar-refractivity contribution in [3.05, 3.63) is 18.6 Å².